The van der Waals surface area contributed by atoms with Crippen LogP contribution in [0.4, 0.5) is 18.9 Å². The van der Waals surface area contributed by atoms with Crippen LogP contribution in [0.25, 0.3) is 22.5 Å². The number of aromatic nitrogens is 4. The molecule has 3 aromatic heterocycles. The Morgan fingerprint density at radius 1 is 1.14 bits per heavy atom. The van der Waals surface area contributed by atoms with Crippen molar-refractivity contribution < 1.29 is 32.6 Å². The van der Waals surface area contributed by atoms with Gasteiger partial charge < -0.3 is 30.4 Å². The molecule has 17 heteroatoms. The van der Waals surface area contributed by atoms with Gasteiger partial charge in [-0.15, -0.1) is 0 Å². The highest BCUT2D eigenvalue weighted by Gasteiger charge is 2.40. The van der Waals surface area contributed by atoms with Crippen LogP contribution >= 0.6 is 23.2 Å². The van der Waals surface area contributed by atoms with Crippen LogP contribution in [0.3, 0.4) is 0 Å². The van der Waals surface area contributed by atoms with Crippen LogP contribution in [0.5, 0.6) is 5.88 Å². The molecule has 1 aromatic carbocycles. The number of anilines is 1. The molecule has 51 heavy (non-hydrogen) atoms. The summed E-state index contributed by atoms with van der Waals surface area (Å²) in [5, 5.41) is 19.0. The van der Waals surface area contributed by atoms with Gasteiger partial charge in [-0.05, 0) is 24.6 Å². The van der Waals surface area contributed by atoms with Gasteiger partial charge in [0, 0.05) is 87.2 Å². The summed E-state index contributed by atoms with van der Waals surface area (Å²) in [7, 11) is 3.20. The average molecular weight is 748 g/mol. The molecule has 0 unspecified atom stereocenters. The van der Waals surface area contributed by atoms with E-state index in [2.05, 4.69) is 30.9 Å². The second kappa shape index (κ2) is 15.1. The van der Waals surface area contributed by atoms with Crippen LogP contribution in [0.15, 0.2) is 42.6 Å². The van der Waals surface area contributed by atoms with E-state index in [0.29, 0.717) is 60.0 Å². The molecule has 2 aliphatic rings. The fourth-order valence-corrected chi connectivity index (χ4v) is 6.82. The normalized spacial score (nSPS) is 16.9. The molecule has 2 aliphatic heterocycles. The summed E-state index contributed by atoms with van der Waals surface area (Å²) in [5.74, 6) is -0.0405. The molecule has 12 nitrogen and oxygen atoms in total. The van der Waals surface area contributed by atoms with E-state index in [1.54, 1.807) is 42.1 Å². The second-order valence-corrected chi connectivity index (χ2v) is 13.1. The number of fused-ring (bicyclic) bond motifs is 1. The number of nitrogens with zero attached hydrogens (tertiary/aromatic N) is 5. The Kier molecular flexibility index (Phi) is 10.8. The predicted molar refractivity (Wildman–Crippen MR) is 185 cm³/mol. The number of β-amino-alcohol motifs (C(OH)–C–C–N with tert-alkyl or cyclic N) is 1. The summed E-state index contributed by atoms with van der Waals surface area (Å²) >= 11 is 13.8. The summed E-state index contributed by atoms with van der Waals surface area (Å²) in [4.78, 5) is 40.0. The van der Waals surface area contributed by atoms with Crippen molar-refractivity contribution in [1.29, 1.82) is 0 Å². The van der Waals surface area contributed by atoms with Gasteiger partial charge in [0.1, 0.15) is 0 Å². The molecule has 0 spiro atoms. The number of nitrogens with one attached hydrogen (secondary N) is 3. The lowest BCUT2D eigenvalue weighted by atomic mass is 10.1. The Hall–Kier alpha value is -4.28. The van der Waals surface area contributed by atoms with E-state index in [-0.39, 0.29) is 46.6 Å². The molecule has 0 radical (unpaired) electrons. The number of carbonyl (C=O) groups is 2. The number of rotatable bonds is 11. The number of pyridine rings is 2. The quantitative estimate of drug-likeness (QED) is 0.171. The van der Waals surface area contributed by atoms with Gasteiger partial charge in [0.2, 0.25) is 11.8 Å². The highest BCUT2D eigenvalue weighted by Crippen LogP contribution is 2.40. The lowest BCUT2D eigenvalue weighted by molar-refractivity contribution is -0.208. The van der Waals surface area contributed by atoms with Crippen LogP contribution in [0, 0.1) is 0 Å². The Morgan fingerprint density at radius 3 is 2.67 bits per heavy atom. The van der Waals surface area contributed by atoms with Crippen LogP contribution in [-0.2, 0) is 31.4 Å². The van der Waals surface area contributed by atoms with E-state index in [0.717, 1.165) is 17.7 Å². The van der Waals surface area contributed by atoms with E-state index in [4.69, 9.17) is 27.9 Å². The molecule has 4 N–H and O–H groups in total. The van der Waals surface area contributed by atoms with Crippen molar-refractivity contribution in [2.24, 2.45) is 7.05 Å². The number of halogens is 5. The van der Waals surface area contributed by atoms with Gasteiger partial charge >= 0.3 is 6.18 Å². The van der Waals surface area contributed by atoms with Gasteiger partial charge in [-0.2, -0.15) is 13.2 Å². The Labute approximate surface area is 301 Å². The maximum Gasteiger partial charge on any atom is 0.415 e. The minimum atomic E-state index is -4.73. The van der Waals surface area contributed by atoms with Crippen molar-refractivity contribution in [3.05, 3.63) is 75.4 Å². The number of hydrogen-bond donors (Lipinski definition) is 4. The molecule has 4 aromatic rings. The molecule has 1 fully saturated rings. The van der Waals surface area contributed by atoms with Crippen molar-refractivity contribution in [3.8, 4) is 28.4 Å². The summed E-state index contributed by atoms with van der Waals surface area (Å²) in [6.07, 6.45) is -3.95. The first-order chi connectivity index (χ1) is 24.3. The summed E-state index contributed by atoms with van der Waals surface area (Å²) in [5.41, 5.74) is 4.21. The van der Waals surface area contributed by atoms with Gasteiger partial charge in [0.25, 0.3) is 5.91 Å². The second-order valence-electron chi connectivity index (χ2n) is 12.4. The zero-order valence-electron chi connectivity index (χ0n) is 27.7. The van der Waals surface area contributed by atoms with E-state index < -0.39 is 24.7 Å². The van der Waals surface area contributed by atoms with Crippen LogP contribution in [0.2, 0.25) is 10.0 Å². The summed E-state index contributed by atoms with van der Waals surface area (Å²) in [6.45, 7) is 0.850. The molecule has 0 saturated carbocycles. The molecular formula is C34H35Cl2F3N8O4. The number of imidazole rings is 1. The Morgan fingerprint density at radius 2 is 1.94 bits per heavy atom. The van der Waals surface area contributed by atoms with Crippen molar-refractivity contribution in [3.63, 3.8) is 0 Å². The molecule has 0 bridgehead atoms. The van der Waals surface area contributed by atoms with Crippen LogP contribution in [-0.4, -0.2) is 86.4 Å². The first-order valence-electron chi connectivity index (χ1n) is 16.1. The largest absolute Gasteiger partial charge is 0.481 e. The van der Waals surface area contributed by atoms with E-state index in [1.807, 2.05) is 12.1 Å². The third-order valence-corrected chi connectivity index (χ3v) is 9.73. The molecule has 5 heterocycles. The van der Waals surface area contributed by atoms with Gasteiger partial charge in [-0.1, -0.05) is 41.4 Å². The van der Waals surface area contributed by atoms with Crippen molar-refractivity contribution in [1.82, 2.24) is 35.1 Å². The maximum atomic E-state index is 13.4. The predicted octanol–water partition coefficient (Wildman–Crippen LogP) is 4.76. The number of methoxy groups -OCH3 is 1. The first kappa shape index (κ1) is 36.5. The molecule has 2 atom stereocenters. The maximum absolute atomic E-state index is 13.4. The lowest BCUT2D eigenvalue weighted by Gasteiger charge is -2.29. The smallest absolute Gasteiger partial charge is 0.415 e. The number of carbonyl (C=O) groups excluding carboxylic acids is 2. The molecule has 2 amide bonds. The number of amides is 2. The van der Waals surface area contributed by atoms with Crippen molar-refractivity contribution >= 4 is 40.7 Å². The fourth-order valence-electron chi connectivity index (χ4n) is 6.25. The highest BCUT2D eigenvalue weighted by atomic mass is 35.5. The minimum absolute atomic E-state index is 0.0572. The first-order valence-corrected chi connectivity index (χ1v) is 16.9. The Balaban J connectivity index is 1.18. The Bertz CT molecular complexity index is 1960. The van der Waals surface area contributed by atoms with Crippen LogP contribution in [0.1, 0.15) is 40.4 Å². The number of benzene rings is 1. The molecule has 270 valence electrons. The number of alkyl halides is 3. The van der Waals surface area contributed by atoms with Gasteiger partial charge in [-0.25, -0.2) is 9.97 Å². The zero-order chi connectivity index (χ0) is 36.4. The lowest BCUT2D eigenvalue weighted by Crippen LogP contribution is -2.43. The third kappa shape index (κ3) is 7.97. The monoisotopic (exact) mass is 746 g/mol. The third-order valence-electron chi connectivity index (χ3n) is 8.94. The zero-order valence-corrected chi connectivity index (χ0v) is 29.2. The van der Waals surface area contributed by atoms with E-state index >= 15 is 0 Å². The SMILES string of the molecule is COc1nc(-c2ccnc(-c3cccc(NC(=O)c4nc5c(n4C)CCN(C[C@H](O)C(F)(F)F)C5)c3Cl)c2Cl)ccc1CNC[C@H]1CCC(=O)N1. The fraction of sp³-hybridized carbons (Fsp3) is 0.382. The summed E-state index contributed by atoms with van der Waals surface area (Å²) < 4.78 is 45.9. The van der Waals surface area contributed by atoms with Gasteiger partial charge in [0.05, 0.1) is 39.9 Å². The van der Waals surface area contributed by atoms with E-state index in [1.165, 1.54) is 12.0 Å². The molecule has 6 rings (SSSR count). The molecule has 0 aliphatic carbocycles. The number of ether oxygens (including phenoxy) is 1. The number of aliphatic hydroxyl groups excluding tert-OH is 1. The minimum Gasteiger partial charge on any atom is -0.481 e. The highest BCUT2D eigenvalue weighted by molar-refractivity contribution is 6.39. The molecular weight excluding hydrogens is 712 g/mol. The van der Waals surface area contributed by atoms with Crippen LogP contribution < -0.4 is 20.7 Å². The van der Waals surface area contributed by atoms with Gasteiger partial charge in [0.15, 0.2) is 11.9 Å². The van der Waals surface area contributed by atoms with Crippen molar-refractivity contribution in [2.45, 2.75) is 50.7 Å². The molecule has 1 saturated heterocycles. The van der Waals surface area contributed by atoms with Crippen molar-refractivity contribution in [2.75, 3.05) is 32.1 Å². The summed E-state index contributed by atoms with van der Waals surface area (Å²) in [6, 6.07) is 10.5. The standard InChI is InChI=1S/C34H35Cl2F3N8O4/c1-46-25-11-13-47(17-26(48)34(37,38)39)16-24(25)43-31(46)32(50)44-23-5-3-4-21(28(23)35)30-29(36)20(10-12-41-30)22-8-6-18(33(45-22)51-2)14-40-15-19-7-9-27(49)42-19/h3-6,8,10,12,19,26,40,48H,7,9,11,13-17H2,1-2H3,(H,42,49)(H,44,50)/t19-,26+/m1/s1. The number of hydrogen-bond acceptors (Lipinski definition) is 9. The van der Waals surface area contributed by atoms with E-state index in [9.17, 15) is 27.9 Å². The topological polar surface area (TPSA) is 147 Å². The average Bonchev–Trinajstić information content (AvgIpc) is 3.67. The number of aliphatic hydroxyl groups is 1. The van der Waals surface area contributed by atoms with Gasteiger partial charge in [-0.3, -0.25) is 19.5 Å².